The molecule has 30 heavy (non-hydrogen) atoms. The van der Waals surface area contributed by atoms with Crippen LogP contribution in [-0.4, -0.2) is 45.5 Å². The number of likely N-dealkylation sites (N-methyl/N-ethyl adjacent to an activating group) is 1. The molecule has 0 fully saturated rings. The molecule has 1 aromatic carbocycles. The number of rotatable bonds is 5. The van der Waals surface area contributed by atoms with Crippen molar-refractivity contribution in [2.45, 2.75) is 12.8 Å². The largest absolute Gasteiger partial charge is 0.475 e. The molecule has 3 aromatic heterocycles. The van der Waals surface area contributed by atoms with Crippen LogP contribution in [0.25, 0.3) is 32.1 Å². The summed E-state index contributed by atoms with van der Waals surface area (Å²) in [4.78, 5) is 31.7. The number of nitrogens with zero attached hydrogens (tertiary/aromatic N) is 3. The molecule has 8 nitrogen and oxygen atoms in total. The molecule has 0 saturated carbocycles. The molecule has 0 aliphatic rings. The summed E-state index contributed by atoms with van der Waals surface area (Å²) in [5, 5.41) is 24.9. The quantitative estimate of drug-likeness (QED) is 0.369. The van der Waals surface area contributed by atoms with Gasteiger partial charge in [0.25, 0.3) is 5.56 Å². The van der Waals surface area contributed by atoms with E-state index in [4.69, 9.17) is 0 Å². The van der Waals surface area contributed by atoms with Crippen LogP contribution in [0.4, 0.5) is 5.82 Å². The Kier molecular flexibility index (Phi) is 5.00. The van der Waals surface area contributed by atoms with E-state index in [0.29, 0.717) is 32.5 Å². The molecule has 1 atom stereocenters. The number of nitrogens with one attached hydrogen (secondary N) is 1. The first-order chi connectivity index (χ1) is 14.3. The predicted molar refractivity (Wildman–Crippen MR) is 118 cm³/mol. The van der Waals surface area contributed by atoms with E-state index in [-0.39, 0.29) is 5.52 Å². The number of aromatic nitrogens is 2. The van der Waals surface area contributed by atoms with Gasteiger partial charge in [-0.25, -0.2) is 0 Å². The van der Waals surface area contributed by atoms with Crippen LogP contribution in [0.3, 0.4) is 0 Å². The molecule has 154 valence electrons. The molecule has 0 bridgehead atoms. The molecule has 1 unspecified atom stereocenters. The normalized spacial score (nSPS) is 12.7. The minimum atomic E-state index is -0.702. The number of aromatic amines is 1. The number of benzene rings is 1. The zero-order chi connectivity index (χ0) is 21.6. The Balaban J connectivity index is 1.99. The third-order valence-electron chi connectivity index (χ3n) is 5.12. The van der Waals surface area contributed by atoms with E-state index >= 15 is 0 Å². The molecule has 4 aromatic rings. The Bertz CT molecular complexity index is 1330. The second-order valence-corrected chi connectivity index (χ2v) is 8.46. The summed E-state index contributed by atoms with van der Waals surface area (Å²) in [6, 6.07) is 9.43. The summed E-state index contributed by atoms with van der Waals surface area (Å²) in [6.07, 6.45) is 0. The molecule has 0 amide bonds. The highest BCUT2D eigenvalue weighted by Gasteiger charge is 2.27. The Morgan fingerprint density at radius 2 is 1.97 bits per heavy atom. The van der Waals surface area contributed by atoms with Crippen LogP contribution >= 0.6 is 11.3 Å². The minimum Gasteiger partial charge on any atom is -0.475 e. The van der Waals surface area contributed by atoms with Gasteiger partial charge in [-0.15, -0.1) is 11.3 Å². The minimum absolute atomic E-state index is 0.00810. The number of pyridine rings is 2. The second-order valence-electron chi connectivity index (χ2n) is 7.54. The second kappa shape index (κ2) is 7.51. The van der Waals surface area contributed by atoms with Crippen LogP contribution in [0.2, 0.25) is 0 Å². The van der Waals surface area contributed by atoms with E-state index in [1.54, 1.807) is 11.4 Å². The smallest absolute Gasteiger partial charge is 0.392 e. The molecular weight excluding hydrogens is 404 g/mol. The topological polar surface area (TPSA) is 112 Å². The summed E-state index contributed by atoms with van der Waals surface area (Å²) < 4.78 is 0.444. The third-order valence-corrected chi connectivity index (χ3v) is 6.03. The van der Waals surface area contributed by atoms with Crippen molar-refractivity contribution in [1.82, 2.24) is 14.9 Å². The predicted octanol–water partition coefficient (Wildman–Crippen LogP) is 4.08. The Morgan fingerprint density at radius 3 is 2.60 bits per heavy atom. The average Bonchev–Trinajstić information content (AvgIpc) is 3.18. The van der Waals surface area contributed by atoms with Gasteiger partial charge in [0, 0.05) is 22.3 Å². The van der Waals surface area contributed by atoms with E-state index in [2.05, 4.69) is 21.8 Å². The Labute approximate surface area is 175 Å². The van der Waals surface area contributed by atoms with Gasteiger partial charge in [-0.2, -0.15) is 0 Å². The van der Waals surface area contributed by atoms with Crippen LogP contribution in [0.15, 0.2) is 40.5 Å². The third kappa shape index (κ3) is 3.31. The summed E-state index contributed by atoms with van der Waals surface area (Å²) in [6.45, 7) is 3.03. The van der Waals surface area contributed by atoms with Crippen molar-refractivity contribution >= 4 is 38.1 Å². The van der Waals surface area contributed by atoms with Crippen molar-refractivity contribution < 1.29 is 10.0 Å². The fourth-order valence-electron chi connectivity index (χ4n) is 3.84. The lowest BCUT2D eigenvalue weighted by Gasteiger charge is -2.17. The van der Waals surface area contributed by atoms with Gasteiger partial charge in [-0.1, -0.05) is 31.2 Å². The highest BCUT2D eigenvalue weighted by atomic mass is 32.1. The molecule has 2 N–H and O–H groups in total. The molecular formula is C21H20N4O4S. The molecule has 0 radical (unpaired) electrons. The van der Waals surface area contributed by atoms with Gasteiger partial charge in [0.15, 0.2) is 0 Å². The van der Waals surface area contributed by atoms with Crippen molar-refractivity contribution in [2.24, 2.45) is 0 Å². The highest BCUT2D eigenvalue weighted by molar-refractivity contribution is 7.17. The van der Waals surface area contributed by atoms with E-state index in [1.807, 2.05) is 38.4 Å². The van der Waals surface area contributed by atoms with Gasteiger partial charge in [0.1, 0.15) is 10.2 Å². The first-order valence-corrected chi connectivity index (χ1v) is 10.2. The summed E-state index contributed by atoms with van der Waals surface area (Å²) >= 11 is 1.24. The Hall–Kier alpha value is -3.30. The first-order valence-electron chi connectivity index (χ1n) is 9.33. The lowest BCUT2D eigenvalue weighted by atomic mass is 9.95. The van der Waals surface area contributed by atoms with Gasteiger partial charge in [0.2, 0.25) is 0 Å². The van der Waals surface area contributed by atoms with Crippen molar-refractivity contribution in [3.63, 3.8) is 0 Å². The van der Waals surface area contributed by atoms with Crippen LogP contribution in [0.5, 0.6) is 5.88 Å². The SMILES string of the molecule is CC(CN(C)C)c1ccc(-c2c(O)nc([N+](=O)[O-])c3[nH]c(=O)c4sccc4c23)cc1. The molecule has 0 saturated heterocycles. The number of nitro groups is 1. The first kappa shape index (κ1) is 20.0. The lowest BCUT2D eigenvalue weighted by Crippen LogP contribution is -2.18. The number of H-pyrrole nitrogens is 1. The van der Waals surface area contributed by atoms with Gasteiger partial charge < -0.3 is 25.1 Å². The molecule has 3 heterocycles. The molecule has 0 spiro atoms. The van der Waals surface area contributed by atoms with Crippen LogP contribution < -0.4 is 5.56 Å². The standard InChI is InChI=1S/C21H20N4O4S/c1-11(10-24(2)3)12-4-6-13(7-5-12)15-16-14-8-9-30-18(14)21(27)22-17(16)19(25(28)29)23-20(15)26/h4-9,11H,10H2,1-3H3,(H,22,27)(H,23,26). The van der Waals surface area contributed by atoms with E-state index in [0.717, 1.165) is 12.1 Å². The van der Waals surface area contributed by atoms with Crippen LogP contribution in [0, 0.1) is 10.1 Å². The number of thiophene rings is 1. The number of hydrogen-bond donors (Lipinski definition) is 2. The molecule has 9 heteroatoms. The zero-order valence-corrected chi connectivity index (χ0v) is 17.5. The van der Waals surface area contributed by atoms with Crippen molar-refractivity contribution in [1.29, 1.82) is 0 Å². The van der Waals surface area contributed by atoms with Crippen molar-refractivity contribution in [3.8, 4) is 17.0 Å². The van der Waals surface area contributed by atoms with Gasteiger partial charge in [0.05, 0.1) is 5.56 Å². The maximum absolute atomic E-state index is 12.4. The number of hydrogen-bond acceptors (Lipinski definition) is 7. The van der Waals surface area contributed by atoms with E-state index in [9.17, 15) is 20.0 Å². The maximum atomic E-state index is 12.4. The fraction of sp³-hybridized carbons (Fsp3) is 0.238. The maximum Gasteiger partial charge on any atom is 0.392 e. The van der Waals surface area contributed by atoms with Crippen molar-refractivity contribution in [2.75, 3.05) is 20.6 Å². The number of fused-ring (bicyclic) bond motifs is 3. The van der Waals surface area contributed by atoms with Crippen molar-refractivity contribution in [3.05, 3.63) is 61.7 Å². The molecule has 4 rings (SSSR count). The van der Waals surface area contributed by atoms with Crippen LogP contribution in [0.1, 0.15) is 18.4 Å². The summed E-state index contributed by atoms with van der Waals surface area (Å²) in [7, 11) is 4.04. The Morgan fingerprint density at radius 1 is 1.27 bits per heavy atom. The number of aromatic hydroxyl groups is 1. The zero-order valence-electron chi connectivity index (χ0n) is 16.7. The van der Waals surface area contributed by atoms with Gasteiger partial charge in [-0.05, 0) is 47.5 Å². The van der Waals surface area contributed by atoms with Crippen LogP contribution in [-0.2, 0) is 0 Å². The summed E-state index contributed by atoms with van der Waals surface area (Å²) in [5.41, 5.74) is 1.76. The van der Waals surface area contributed by atoms with E-state index < -0.39 is 22.2 Å². The van der Waals surface area contributed by atoms with Gasteiger partial charge >= 0.3 is 11.7 Å². The van der Waals surface area contributed by atoms with Gasteiger partial charge in [-0.3, -0.25) is 4.79 Å². The fourth-order valence-corrected chi connectivity index (χ4v) is 4.63. The monoisotopic (exact) mass is 424 g/mol. The molecule has 0 aliphatic carbocycles. The highest BCUT2D eigenvalue weighted by Crippen LogP contribution is 2.41. The summed E-state index contributed by atoms with van der Waals surface area (Å²) in [5.74, 6) is -0.704. The average molecular weight is 424 g/mol. The van der Waals surface area contributed by atoms with E-state index in [1.165, 1.54) is 11.3 Å². The molecule has 0 aliphatic heterocycles. The lowest BCUT2D eigenvalue weighted by molar-refractivity contribution is -0.387.